The van der Waals surface area contributed by atoms with Gasteiger partial charge >= 0.3 is 0 Å². The molecule has 0 atom stereocenters. The molecule has 0 unspecified atom stereocenters. The van der Waals surface area contributed by atoms with Gasteiger partial charge in [0.05, 0.1) is 10.2 Å². The summed E-state index contributed by atoms with van der Waals surface area (Å²) < 4.78 is 8.06. The van der Waals surface area contributed by atoms with E-state index < -0.39 is 0 Å². The number of hydrogen-bond donors (Lipinski definition) is 0. The fourth-order valence-electron chi connectivity index (χ4n) is 1.32. The molecule has 1 rings (SSSR count). The topological polar surface area (TPSA) is 9.23 Å². The SMILES string of the molecule is CCC(CC)COc1cc(Br)ccc1I. The van der Waals surface area contributed by atoms with Gasteiger partial charge in [0, 0.05) is 4.47 Å². The summed E-state index contributed by atoms with van der Waals surface area (Å²) in [5.74, 6) is 1.65. The van der Waals surface area contributed by atoms with E-state index >= 15 is 0 Å². The highest BCUT2D eigenvalue weighted by Crippen LogP contribution is 2.25. The zero-order valence-corrected chi connectivity index (χ0v) is 12.8. The molecule has 0 aromatic heterocycles. The summed E-state index contributed by atoms with van der Waals surface area (Å²) in [5.41, 5.74) is 0. The minimum atomic E-state index is 0.666. The Morgan fingerprint density at radius 2 is 2.00 bits per heavy atom. The van der Waals surface area contributed by atoms with Crippen LogP contribution in [-0.4, -0.2) is 6.61 Å². The second kappa shape index (κ2) is 6.74. The lowest BCUT2D eigenvalue weighted by atomic mass is 10.1. The van der Waals surface area contributed by atoms with E-state index in [1.165, 1.54) is 16.4 Å². The van der Waals surface area contributed by atoms with Crippen LogP contribution in [0.4, 0.5) is 0 Å². The molecule has 0 aliphatic carbocycles. The quantitative estimate of drug-likeness (QED) is 0.660. The Bertz CT molecular complexity index is 310. The van der Waals surface area contributed by atoms with Gasteiger partial charge in [-0.15, -0.1) is 0 Å². The van der Waals surface area contributed by atoms with Crippen LogP contribution in [-0.2, 0) is 0 Å². The van der Waals surface area contributed by atoms with Gasteiger partial charge in [0.1, 0.15) is 5.75 Å². The van der Waals surface area contributed by atoms with Gasteiger partial charge in [0.2, 0.25) is 0 Å². The molecule has 1 aromatic carbocycles. The van der Waals surface area contributed by atoms with E-state index in [9.17, 15) is 0 Å². The summed E-state index contributed by atoms with van der Waals surface area (Å²) >= 11 is 5.76. The van der Waals surface area contributed by atoms with Crippen LogP contribution in [0, 0.1) is 9.49 Å². The van der Waals surface area contributed by atoms with Crippen molar-refractivity contribution in [2.75, 3.05) is 6.61 Å². The predicted octanol–water partition coefficient (Wildman–Crippen LogP) is 4.87. The molecule has 0 N–H and O–H groups in total. The average molecular weight is 383 g/mol. The normalized spacial score (nSPS) is 10.7. The van der Waals surface area contributed by atoms with Crippen molar-refractivity contribution in [1.82, 2.24) is 0 Å². The fourth-order valence-corrected chi connectivity index (χ4v) is 2.15. The van der Waals surface area contributed by atoms with Gasteiger partial charge in [-0.1, -0.05) is 42.6 Å². The second-order valence-electron chi connectivity index (χ2n) is 3.57. The molecule has 0 heterocycles. The third-order valence-corrected chi connectivity index (χ3v) is 3.91. The lowest BCUT2D eigenvalue weighted by Gasteiger charge is -2.14. The van der Waals surface area contributed by atoms with E-state index in [2.05, 4.69) is 58.4 Å². The molecule has 0 bridgehead atoms. The van der Waals surface area contributed by atoms with Crippen LogP contribution >= 0.6 is 38.5 Å². The maximum atomic E-state index is 5.82. The van der Waals surface area contributed by atoms with Crippen molar-refractivity contribution in [3.8, 4) is 5.75 Å². The van der Waals surface area contributed by atoms with Gasteiger partial charge in [0.15, 0.2) is 0 Å². The first-order valence-corrected chi connectivity index (χ1v) is 7.12. The molecule has 0 fully saturated rings. The molecule has 1 aromatic rings. The van der Waals surface area contributed by atoms with Crippen LogP contribution < -0.4 is 4.74 Å². The van der Waals surface area contributed by atoms with Crippen LogP contribution in [0.25, 0.3) is 0 Å². The third kappa shape index (κ3) is 4.31. The van der Waals surface area contributed by atoms with E-state index in [0.29, 0.717) is 5.92 Å². The van der Waals surface area contributed by atoms with E-state index in [4.69, 9.17) is 4.74 Å². The Morgan fingerprint density at radius 1 is 1.33 bits per heavy atom. The first-order valence-electron chi connectivity index (χ1n) is 5.25. The van der Waals surface area contributed by atoms with E-state index in [-0.39, 0.29) is 0 Å². The predicted molar refractivity (Wildman–Crippen MR) is 76.4 cm³/mol. The molecule has 84 valence electrons. The summed E-state index contributed by atoms with van der Waals surface area (Å²) in [6, 6.07) is 6.13. The Balaban J connectivity index is 2.60. The van der Waals surface area contributed by atoms with E-state index in [1.54, 1.807) is 0 Å². The molecule has 0 amide bonds. The maximum absolute atomic E-state index is 5.82. The highest BCUT2D eigenvalue weighted by atomic mass is 127. The van der Waals surface area contributed by atoms with Crippen molar-refractivity contribution in [3.05, 3.63) is 26.2 Å². The largest absolute Gasteiger partial charge is 0.492 e. The Kier molecular flexibility index (Phi) is 5.97. The highest BCUT2D eigenvalue weighted by Gasteiger charge is 2.06. The van der Waals surface area contributed by atoms with Crippen molar-refractivity contribution in [2.24, 2.45) is 5.92 Å². The second-order valence-corrected chi connectivity index (χ2v) is 5.65. The Morgan fingerprint density at radius 3 is 2.60 bits per heavy atom. The molecule has 1 nitrogen and oxygen atoms in total. The van der Waals surface area contributed by atoms with Crippen molar-refractivity contribution in [3.63, 3.8) is 0 Å². The van der Waals surface area contributed by atoms with Gasteiger partial charge in [-0.2, -0.15) is 0 Å². The zero-order valence-electron chi connectivity index (χ0n) is 9.09. The third-order valence-electron chi connectivity index (χ3n) is 2.52. The van der Waals surface area contributed by atoms with Crippen molar-refractivity contribution in [2.45, 2.75) is 26.7 Å². The van der Waals surface area contributed by atoms with Gasteiger partial charge in [0.25, 0.3) is 0 Å². The van der Waals surface area contributed by atoms with Crippen molar-refractivity contribution >= 4 is 38.5 Å². The molecule has 0 radical (unpaired) electrons. The highest BCUT2D eigenvalue weighted by molar-refractivity contribution is 14.1. The van der Waals surface area contributed by atoms with Crippen LogP contribution in [0.15, 0.2) is 22.7 Å². The maximum Gasteiger partial charge on any atom is 0.133 e. The number of rotatable bonds is 5. The summed E-state index contributed by atoms with van der Waals surface area (Å²) in [4.78, 5) is 0. The molecule has 0 saturated carbocycles. The van der Waals surface area contributed by atoms with E-state index in [0.717, 1.165) is 16.8 Å². The van der Waals surface area contributed by atoms with Crippen molar-refractivity contribution in [1.29, 1.82) is 0 Å². The minimum Gasteiger partial charge on any atom is -0.492 e. The first kappa shape index (κ1) is 13.3. The Hall–Kier alpha value is 0.230. The smallest absolute Gasteiger partial charge is 0.133 e. The number of benzene rings is 1. The van der Waals surface area contributed by atoms with Crippen molar-refractivity contribution < 1.29 is 4.74 Å². The molecule has 0 saturated heterocycles. The van der Waals surface area contributed by atoms with Crippen LogP contribution in [0.1, 0.15) is 26.7 Å². The van der Waals surface area contributed by atoms with Gasteiger partial charge < -0.3 is 4.74 Å². The number of halogens is 2. The van der Waals surface area contributed by atoms with Crippen LogP contribution in [0.3, 0.4) is 0 Å². The standard InChI is InChI=1S/C12H16BrIO/c1-3-9(4-2)8-15-12-7-10(13)5-6-11(12)14/h5-7,9H,3-4,8H2,1-2H3. The molecule has 0 aliphatic heterocycles. The number of hydrogen-bond acceptors (Lipinski definition) is 1. The van der Waals surface area contributed by atoms with Crippen LogP contribution in [0.2, 0.25) is 0 Å². The van der Waals surface area contributed by atoms with Crippen LogP contribution in [0.5, 0.6) is 5.75 Å². The molecular formula is C12H16BrIO. The fraction of sp³-hybridized carbons (Fsp3) is 0.500. The van der Waals surface area contributed by atoms with Gasteiger partial charge in [-0.3, -0.25) is 0 Å². The lowest BCUT2D eigenvalue weighted by Crippen LogP contribution is -2.10. The lowest BCUT2D eigenvalue weighted by molar-refractivity contribution is 0.239. The summed E-state index contributed by atoms with van der Waals surface area (Å²) in [6.45, 7) is 5.24. The average Bonchev–Trinajstić information content (AvgIpc) is 2.24. The molecule has 15 heavy (non-hydrogen) atoms. The molecular weight excluding hydrogens is 367 g/mol. The molecule has 0 spiro atoms. The Labute approximate surface area is 114 Å². The minimum absolute atomic E-state index is 0.666. The van der Waals surface area contributed by atoms with Gasteiger partial charge in [-0.25, -0.2) is 0 Å². The number of ether oxygens (including phenoxy) is 1. The zero-order chi connectivity index (χ0) is 11.3. The van der Waals surface area contributed by atoms with E-state index in [1.807, 2.05) is 12.1 Å². The monoisotopic (exact) mass is 382 g/mol. The summed E-state index contributed by atoms with van der Waals surface area (Å²) in [7, 11) is 0. The van der Waals surface area contributed by atoms with Gasteiger partial charge in [-0.05, 0) is 46.7 Å². The first-order chi connectivity index (χ1) is 7.17. The molecule has 3 heteroatoms. The molecule has 0 aliphatic rings. The summed E-state index contributed by atoms with van der Waals surface area (Å²) in [6.07, 6.45) is 2.36. The summed E-state index contributed by atoms with van der Waals surface area (Å²) in [5, 5.41) is 0.